The normalized spacial score (nSPS) is 14.0. The number of hydrogen-bond acceptors (Lipinski definition) is 7. The van der Waals surface area contributed by atoms with Gasteiger partial charge in [-0.2, -0.15) is 5.10 Å². The van der Waals surface area contributed by atoms with Gasteiger partial charge in [-0.25, -0.2) is 4.98 Å². The Morgan fingerprint density at radius 3 is 2.77 bits per heavy atom. The number of imidazole rings is 1. The first-order valence-corrected chi connectivity index (χ1v) is 14.5. The number of carbonyl (C=O) groups excluding carboxylic acids is 1. The number of aromatic amines is 2. The lowest BCUT2D eigenvalue weighted by atomic mass is 10.0. The van der Waals surface area contributed by atoms with Gasteiger partial charge in [-0.3, -0.25) is 19.9 Å². The molecule has 1 aliphatic carbocycles. The molecule has 7 rings (SSSR count). The molecule has 0 atom stereocenters. The molecular formula is C31H29N7OS. The molecule has 0 aliphatic heterocycles. The molecule has 5 aromatic heterocycles. The van der Waals surface area contributed by atoms with Crippen molar-refractivity contribution in [2.45, 2.75) is 39.2 Å². The van der Waals surface area contributed by atoms with Gasteiger partial charge in [-0.15, -0.1) is 11.3 Å². The predicted octanol–water partition coefficient (Wildman–Crippen LogP) is 6.77. The van der Waals surface area contributed by atoms with Crippen LogP contribution < -0.4 is 5.32 Å². The Labute approximate surface area is 235 Å². The molecule has 9 heteroatoms. The molecule has 1 saturated carbocycles. The van der Waals surface area contributed by atoms with Crippen molar-refractivity contribution < 1.29 is 4.79 Å². The quantitative estimate of drug-likeness (QED) is 0.181. The van der Waals surface area contributed by atoms with Gasteiger partial charge in [0.25, 0.3) is 0 Å². The van der Waals surface area contributed by atoms with Gasteiger partial charge in [-0.05, 0) is 79.8 Å². The maximum Gasteiger partial charge on any atom is 0.169 e. The summed E-state index contributed by atoms with van der Waals surface area (Å²) in [6, 6.07) is 14.2. The van der Waals surface area contributed by atoms with Gasteiger partial charge in [0.2, 0.25) is 0 Å². The number of thiophene rings is 1. The third kappa shape index (κ3) is 4.71. The van der Waals surface area contributed by atoms with Crippen molar-refractivity contribution in [1.82, 2.24) is 35.5 Å². The Kier molecular flexibility index (Phi) is 6.45. The Morgan fingerprint density at radius 2 is 1.93 bits per heavy atom. The number of ketones is 1. The number of Topliss-reactive ketones (excluding diaryl/α,β-unsaturated/α-hetero) is 1. The van der Waals surface area contributed by atoms with Gasteiger partial charge in [0.1, 0.15) is 16.9 Å². The topological polar surface area (TPSA) is 112 Å². The van der Waals surface area contributed by atoms with E-state index in [-0.39, 0.29) is 5.78 Å². The van der Waals surface area contributed by atoms with Gasteiger partial charge in [0.15, 0.2) is 11.6 Å². The van der Waals surface area contributed by atoms with E-state index >= 15 is 0 Å². The Balaban J connectivity index is 1.20. The van der Waals surface area contributed by atoms with Crippen molar-refractivity contribution in [2.75, 3.05) is 6.54 Å². The predicted molar refractivity (Wildman–Crippen MR) is 159 cm³/mol. The molecule has 200 valence electrons. The van der Waals surface area contributed by atoms with E-state index in [0.717, 1.165) is 68.3 Å². The van der Waals surface area contributed by atoms with Gasteiger partial charge >= 0.3 is 0 Å². The minimum Gasteiger partial charge on any atom is -0.336 e. The van der Waals surface area contributed by atoms with Crippen LogP contribution >= 0.6 is 11.3 Å². The Hall–Kier alpha value is -4.21. The molecule has 1 aromatic carbocycles. The molecule has 0 bridgehead atoms. The first-order chi connectivity index (χ1) is 19.6. The summed E-state index contributed by atoms with van der Waals surface area (Å²) >= 11 is 1.43. The SMILES string of the molecule is CC(=O)c1ccc(-c2nccc3[nH]c(-c4n[nH]c5ccc(-c6cncc(CNCC7CCCC7)c6)cc45)nc23)s1. The van der Waals surface area contributed by atoms with Crippen molar-refractivity contribution in [2.24, 2.45) is 5.92 Å². The number of nitrogens with zero attached hydrogens (tertiary/aromatic N) is 4. The van der Waals surface area contributed by atoms with Crippen molar-refractivity contribution in [3.63, 3.8) is 0 Å². The van der Waals surface area contributed by atoms with E-state index in [0.29, 0.717) is 10.7 Å². The van der Waals surface area contributed by atoms with Crippen molar-refractivity contribution >= 4 is 39.1 Å². The van der Waals surface area contributed by atoms with E-state index in [2.05, 4.69) is 54.7 Å². The number of carbonyl (C=O) groups is 1. The fraction of sp³-hybridized carbons (Fsp3) is 0.258. The van der Waals surface area contributed by atoms with Gasteiger partial charge < -0.3 is 10.3 Å². The first kappa shape index (κ1) is 24.8. The van der Waals surface area contributed by atoms with Crippen LogP contribution in [-0.4, -0.2) is 42.5 Å². The van der Waals surface area contributed by atoms with E-state index in [1.165, 1.54) is 42.6 Å². The zero-order valence-corrected chi connectivity index (χ0v) is 23.0. The Bertz CT molecular complexity index is 1840. The van der Waals surface area contributed by atoms with Crippen LogP contribution in [0.2, 0.25) is 0 Å². The molecule has 0 saturated heterocycles. The second-order valence-electron chi connectivity index (χ2n) is 10.6. The lowest BCUT2D eigenvalue weighted by molar-refractivity contribution is 0.102. The highest BCUT2D eigenvalue weighted by molar-refractivity contribution is 7.17. The number of nitrogens with one attached hydrogen (secondary N) is 3. The molecule has 0 spiro atoms. The number of hydrogen-bond donors (Lipinski definition) is 3. The summed E-state index contributed by atoms with van der Waals surface area (Å²) in [5.41, 5.74) is 7.39. The minimum atomic E-state index is 0.0472. The molecule has 1 fully saturated rings. The molecule has 3 N–H and O–H groups in total. The highest BCUT2D eigenvalue weighted by Gasteiger charge is 2.18. The van der Waals surface area contributed by atoms with Gasteiger partial charge in [-0.1, -0.05) is 18.9 Å². The lowest BCUT2D eigenvalue weighted by Crippen LogP contribution is -2.20. The number of pyridine rings is 2. The molecule has 5 heterocycles. The summed E-state index contributed by atoms with van der Waals surface area (Å²) in [4.78, 5) is 30.9. The second-order valence-corrected chi connectivity index (χ2v) is 11.6. The van der Waals surface area contributed by atoms with Crippen LogP contribution in [0.25, 0.3) is 55.2 Å². The summed E-state index contributed by atoms with van der Waals surface area (Å²) in [5, 5.41) is 12.4. The minimum absolute atomic E-state index is 0.0472. The molecule has 6 aromatic rings. The largest absolute Gasteiger partial charge is 0.336 e. The molecule has 0 amide bonds. The Morgan fingerprint density at radius 1 is 1.02 bits per heavy atom. The van der Waals surface area contributed by atoms with Crippen LogP contribution in [0.15, 0.2) is 61.1 Å². The van der Waals surface area contributed by atoms with Crippen molar-refractivity contribution in [1.29, 1.82) is 0 Å². The summed E-state index contributed by atoms with van der Waals surface area (Å²) in [6.07, 6.45) is 11.0. The third-order valence-electron chi connectivity index (χ3n) is 7.74. The zero-order valence-electron chi connectivity index (χ0n) is 22.2. The summed E-state index contributed by atoms with van der Waals surface area (Å²) < 4.78 is 0. The summed E-state index contributed by atoms with van der Waals surface area (Å²) in [6.45, 7) is 3.48. The zero-order chi connectivity index (χ0) is 27.1. The molecule has 40 heavy (non-hydrogen) atoms. The maximum atomic E-state index is 11.8. The molecule has 8 nitrogen and oxygen atoms in total. The van der Waals surface area contributed by atoms with Crippen LogP contribution in [0.3, 0.4) is 0 Å². The van der Waals surface area contributed by atoms with Gasteiger partial charge in [0, 0.05) is 36.1 Å². The first-order valence-electron chi connectivity index (χ1n) is 13.7. The molecule has 0 radical (unpaired) electrons. The molecular weight excluding hydrogens is 518 g/mol. The summed E-state index contributed by atoms with van der Waals surface area (Å²) in [7, 11) is 0. The molecule has 1 aliphatic rings. The van der Waals surface area contributed by atoms with Crippen LogP contribution in [-0.2, 0) is 6.54 Å². The average Bonchev–Trinajstić information content (AvgIpc) is 3.78. The van der Waals surface area contributed by atoms with Crippen LogP contribution in [0, 0.1) is 5.92 Å². The van der Waals surface area contributed by atoms with Crippen molar-refractivity contribution in [3.05, 3.63) is 71.5 Å². The van der Waals surface area contributed by atoms with E-state index in [4.69, 9.17) is 4.98 Å². The number of H-pyrrole nitrogens is 2. The summed E-state index contributed by atoms with van der Waals surface area (Å²) in [5.74, 6) is 1.52. The lowest BCUT2D eigenvalue weighted by Gasteiger charge is -2.11. The fourth-order valence-corrected chi connectivity index (χ4v) is 6.53. The van der Waals surface area contributed by atoms with Crippen LogP contribution in [0.5, 0.6) is 0 Å². The number of aromatic nitrogens is 6. The van der Waals surface area contributed by atoms with Crippen LogP contribution in [0.1, 0.15) is 47.8 Å². The van der Waals surface area contributed by atoms with Crippen LogP contribution in [0.4, 0.5) is 0 Å². The van der Waals surface area contributed by atoms with Crippen molar-refractivity contribution in [3.8, 4) is 33.2 Å². The standard InChI is InChI=1S/C31H29N7OS/c1-18(39)26-8-9-27(40-26)30-29-25(10-11-34-30)35-31(36-29)28-23-13-21(6-7-24(23)37-38-28)22-12-20(16-33-17-22)15-32-14-19-4-2-3-5-19/h6-13,16-17,19,32H,2-5,14-15H2,1H3,(H,35,36)(H,37,38). The monoisotopic (exact) mass is 547 g/mol. The number of benzene rings is 1. The second kappa shape index (κ2) is 10.4. The maximum absolute atomic E-state index is 11.8. The number of fused-ring (bicyclic) bond motifs is 2. The molecule has 0 unspecified atom stereocenters. The van der Waals surface area contributed by atoms with E-state index in [1.807, 2.05) is 30.6 Å². The number of rotatable bonds is 8. The van der Waals surface area contributed by atoms with E-state index < -0.39 is 0 Å². The highest BCUT2D eigenvalue weighted by atomic mass is 32.1. The van der Waals surface area contributed by atoms with Gasteiger partial charge in [0.05, 0.1) is 20.8 Å². The highest BCUT2D eigenvalue weighted by Crippen LogP contribution is 2.34. The smallest absolute Gasteiger partial charge is 0.169 e. The third-order valence-corrected chi connectivity index (χ3v) is 8.93. The van der Waals surface area contributed by atoms with E-state index in [1.54, 1.807) is 13.1 Å². The van der Waals surface area contributed by atoms with E-state index in [9.17, 15) is 4.79 Å². The average molecular weight is 548 g/mol. The fourth-order valence-electron chi connectivity index (χ4n) is 5.63.